The molecule has 1 amide bonds. The maximum atomic E-state index is 12.7. The third-order valence-corrected chi connectivity index (χ3v) is 6.10. The second kappa shape index (κ2) is 9.28. The lowest BCUT2D eigenvalue weighted by atomic mass is 9.90. The minimum absolute atomic E-state index is 0.0153. The molecule has 1 aromatic heterocycles. The number of para-hydroxylation sites is 1. The summed E-state index contributed by atoms with van der Waals surface area (Å²) in [7, 11) is 1.66. The van der Waals surface area contributed by atoms with Crippen molar-refractivity contribution in [3.8, 4) is 17.2 Å². The standard InChI is InChI=1S/C27H26N2O4/c1-31-20-10-8-19(9-11-20)22(23-16-28-24-5-3-2-4-21(23)24)15-29-27(30)13-7-18-6-12-25-26(14-18)33-17-32-25/h2-6,8-12,14,16,22,28H,7,13,15,17H2,1H3,(H,29,30)/t22-/m0/s1. The maximum Gasteiger partial charge on any atom is 0.231 e. The number of methoxy groups -OCH3 is 1. The van der Waals surface area contributed by atoms with Gasteiger partial charge < -0.3 is 24.5 Å². The Kier molecular flexibility index (Phi) is 5.89. The Bertz CT molecular complexity index is 1260. The fourth-order valence-corrected chi connectivity index (χ4v) is 4.28. The van der Waals surface area contributed by atoms with Crippen molar-refractivity contribution in [1.82, 2.24) is 10.3 Å². The number of aryl methyl sites for hydroxylation is 1. The van der Waals surface area contributed by atoms with E-state index < -0.39 is 0 Å². The number of aromatic nitrogens is 1. The molecule has 0 saturated carbocycles. The first-order chi connectivity index (χ1) is 16.2. The van der Waals surface area contributed by atoms with Crippen molar-refractivity contribution in [1.29, 1.82) is 0 Å². The summed E-state index contributed by atoms with van der Waals surface area (Å²) in [6.07, 6.45) is 3.09. The second-order valence-corrected chi connectivity index (χ2v) is 8.11. The van der Waals surface area contributed by atoms with Gasteiger partial charge >= 0.3 is 0 Å². The van der Waals surface area contributed by atoms with Gasteiger partial charge in [-0.25, -0.2) is 0 Å². The molecule has 0 aliphatic carbocycles. The molecule has 0 spiro atoms. The Balaban J connectivity index is 1.30. The predicted octanol–water partition coefficient (Wildman–Crippen LogP) is 4.79. The van der Waals surface area contributed by atoms with Crippen molar-refractivity contribution in [3.05, 3.63) is 89.6 Å². The highest BCUT2D eigenvalue weighted by Gasteiger charge is 2.20. The highest BCUT2D eigenvalue weighted by Crippen LogP contribution is 2.33. The summed E-state index contributed by atoms with van der Waals surface area (Å²) >= 11 is 0. The first kappa shape index (κ1) is 20.9. The summed E-state index contributed by atoms with van der Waals surface area (Å²) < 4.78 is 16.1. The van der Waals surface area contributed by atoms with Crippen LogP contribution < -0.4 is 19.5 Å². The Morgan fingerprint density at radius 1 is 1.06 bits per heavy atom. The number of H-pyrrole nitrogens is 1. The quantitative estimate of drug-likeness (QED) is 0.412. The van der Waals surface area contributed by atoms with E-state index in [1.165, 1.54) is 0 Å². The van der Waals surface area contributed by atoms with Gasteiger partial charge in [0.05, 0.1) is 7.11 Å². The fourth-order valence-electron chi connectivity index (χ4n) is 4.28. The van der Waals surface area contributed by atoms with Crippen LogP contribution in [0.4, 0.5) is 0 Å². The van der Waals surface area contributed by atoms with Crippen LogP contribution in [0.1, 0.15) is 29.0 Å². The summed E-state index contributed by atoms with van der Waals surface area (Å²) in [6.45, 7) is 0.758. The summed E-state index contributed by atoms with van der Waals surface area (Å²) in [5.41, 5.74) is 4.42. The molecule has 33 heavy (non-hydrogen) atoms. The van der Waals surface area contributed by atoms with E-state index in [9.17, 15) is 4.79 Å². The number of rotatable bonds is 8. The SMILES string of the molecule is COc1ccc([C@H](CNC(=O)CCc2ccc3c(c2)OCO3)c2c[nH]c3ccccc23)cc1. The van der Waals surface area contributed by atoms with Crippen LogP contribution in [0, 0.1) is 0 Å². The number of amides is 1. The summed E-state index contributed by atoms with van der Waals surface area (Å²) in [4.78, 5) is 16.1. The summed E-state index contributed by atoms with van der Waals surface area (Å²) in [5.74, 6) is 2.34. The molecular formula is C27H26N2O4. The first-order valence-electron chi connectivity index (χ1n) is 11.1. The van der Waals surface area contributed by atoms with Gasteiger partial charge in [0.15, 0.2) is 11.5 Å². The van der Waals surface area contributed by atoms with Crippen molar-refractivity contribution < 1.29 is 19.0 Å². The molecular weight excluding hydrogens is 416 g/mol. The van der Waals surface area contributed by atoms with Gasteiger partial charge in [0.25, 0.3) is 0 Å². The number of ether oxygens (including phenoxy) is 3. The number of aromatic amines is 1. The number of nitrogens with one attached hydrogen (secondary N) is 2. The second-order valence-electron chi connectivity index (χ2n) is 8.11. The van der Waals surface area contributed by atoms with Gasteiger partial charge in [-0.2, -0.15) is 0 Å². The van der Waals surface area contributed by atoms with Crippen molar-refractivity contribution in [2.75, 3.05) is 20.4 Å². The fraction of sp³-hybridized carbons (Fsp3) is 0.222. The van der Waals surface area contributed by atoms with Crippen LogP contribution in [0.5, 0.6) is 17.2 Å². The zero-order chi connectivity index (χ0) is 22.6. The molecule has 1 atom stereocenters. The lowest BCUT2D eigenvalue weighted by Gasteiger charge is -2.19. The molecule has 0 saturated heterocycles. The lowest BCUT2D eigenvalue weighted by molar-refractivity contribution is -0.121. The average Bonchev–Trinajstić information content (AvgIpc) is 3.50. The lowest BCUT2D eigenvalue weighted by Crippen LogP contribution is -2.29. The molecule has 2 heterocycles. The number of hydrogen-bond donors (Lipinski definition) is 2. The Morgan fingerprint density at radius 3 is 2.73 bits per heavy atom. The molecule has 0 radical (unpaired) electrons. The van der Waals surface area contributed by atoms with Gasteiger partial charge in [0, 0.05) is 36.0 Å². The zero-order valence-electron chi connectivity index (χ0n) is 18.5. The van der Waals surface area contributed by atoms with Gasteiger partial charge in [0.1, 0.15) is 5.75 Å². The Labute approximate surface area is 192 Å². The van der Waals surface area contributed by atoms with E-state index in [-0.39, 0.29) is 18.6 Å². The van der Waals surface area contributed by atoms with Crippen LogP contribution in [0.3, 0.4) is 0 Å². The number of carbonyl (C=O) groups is 1. The Morgan fingerprint density at radius 2 is 1.88 bits per heavy atom. The van der Waals surface area contributed by atoms with Crippen LogP contribution in [-0.4, -0.2) is 31.3 Å². The van der Waals surface area contributed by atoms with Crippen molar-refractivity contribution in [2.24, 2.45) is 0 Å². The number of fused-ring (bicyclic) bond motifs is 2. The van der Waals surface area contributed by atoms with Gasteiger partial charge in [0.2, 0.25) is 12.7 Å². The van der Waals surface area contributed by atoms with E-state index in [4.69, 9.17) is 14.2 Å². The van der Waals surface area contributed by atoms with E-state index in [1.807, 2.05) is 48.7 Å². The topological polar surface area (TPSA) is 72.6 Å². The van der Waals surface area contributed by atoms with Crippen molar-refractivity contribution >= 4 is 16.8 Å². The van der Waals surface area contributed by atoms with E-state index in [0.717, 1.165) is 44.8 Å². The van der Waals surface area contributed by atoms with Gasteiger partial charge in [-0.3, -0.25) is 4.79 Å². The van der Waals surface area contributed by atoms with Crippen molar-refractivity contribution in [3.63, 3.8) is 0 Å². The number of carbonyl (C=O) groups excluding carboxylic acids is 1. The van der Waals surface area contributed by atoms with Crippen LogP contribution in [0.25, 0.3) is 10.9 Å². The maximum absolute atomic E-state index is 12.7. The van der Waals surface area contributed by atoms with Crippen molar-refractivity contribution in [2.45, 2.75) is 18.8 Å². The highest BCUT2D eigenvalue weighted by molar-refractivity contribution is 5.84. The van der Waals surface area contributed by atoms with E-state index in [2.05, 4.69) is 34.6 Å². The molecule has 4 aromatic rings. The monoisotopic (exact) mass is 442 g/mol. The highest BCUT2D eigenvalue weighted by atomic mass is 16.7. The average molecular weight is 443 g/mol. The zero-order valence-corrected chi connectivity index (χ0v) is 18.5. The molecule has 1 aliphatic rings. The smallest absolute Gasteiger partial charge is 0.231 e. The Hall–Kier alpha value is -3.93. The van der Waals surface area contributed by atoms with E-state index in [0.29, 0.717) is 19.4 Å². The van der Waals surface area contributed by atoms with Gasteiger partial charge in [-0.15, -0.1) is 0 Å². The minimum Gasteiger partial charge on any atom is -0.497 e. The van der Waals surface area contributed by atoms with Gasteiger partial charge in [-0.1, -0.05) is 36.4 Å². The molecule has 2 N–H and O–H groups in total. The van der Waals surface area contributed by atoms with E-state index in [1.54, 1.807) is 7.11 Å². The molecule has 0 bridgehead atoms. The summed E-state index contributed by atoms with van der Waals surface area (Å²) in [5, 5.41) is 4.31. The molecule has 1 aliphatic heterocycles. The van der Waals surface area contributed by atoms with E-state index >= 15 is 0 Å². The molecule has 5 rings (SSSR count). The normalized spacial score (nSPS) is 13.1. The third-order valence-electron chi connectivity index (χ3n) is 6.10. The molecule has 3 aromatic carbocycles. The van der Waals surface area contributed by atoms with Crippen LogP contribution in [0.15, 0.2) is 72.9 Å². The van der Waals surface area contributed by atoms with Crippen LogP contribution >= 0.6 is 0 Å². The molecule has 0 unspecified atom stereocenters. The third kappa shape index (κ3) is 4.51. The molecule has 6 heteroatoms. The molecule has 0 fully saturated rings. The largest absolute Gasteiger partial charge is 0.497 e. The summed E-state index contributed by atoms with van der Waals surface area (Å²) in [6, 6.07) is 22.1. The molecule has 168 valence electrons. The number of benzene rings is 3. The minimum atomic E-state index is 0.0153. The van der Waals surface area contributed by atoms with Crippen LogP contribution in [0.2, 0.25) is 0 Å². The van der Waals surface area contributed by atoms with Crippen LogP contribution in [-0.2, 0) is 11.2 Å². The number of hydrogen-bond acceptors (Lipinski definition) is 4. The predicted molar refractivity (Wildman–Crippen MR) is 127 cm³/mol. The van der Waals surface area contributed by atoms with Gasteiger partial charge in [-0.05, 0) is 53.4 Å². The molecule has 6 nitrogen and oxygen atoms in total. The first-order valence-corrected chi connectivity index (χ1v) is 11.1.